The summed E-state index contributed by atoms with van der Waals surface area (Å²) in [7, 11) is 0. The molecule has 1 aromatic heterocycles. The second-order valence-electron chi connectivity index (χ2n) is 5.06. The van der Waals surface area contributed by atoms with Crippen LogP contribution >= 0.6 is 11.3 Å². The van der Waals surface area contributed by atoms with E-state index < -0.39 is 0 Å². The van der Waals surface area contributed by atoms with Crippen molar-refractivity contribution in [3.05, 3.63) is 28.6 Å². The number of nitrogens with zero attached hydrogens (tertiary/aromatic N) is 2. The maximum Gasteiger partial charge on any atom is 0.121 e. The molecule has 1 fully saturated rings. The molecule has 20 heavy (non-hydrogen) atoms. The van der Waals surface area contributed by atoms with E-state index in [1.54, 1.807) is 11.3 Å². The summed E-state index contributed by atoms with van der Waals surface area (Å²) >= 11 is 1.70. The average molecular weight is 288 g/mol. The zero-order valence-corrected chi connectivity index (χ0v) is 12.9. The highest BCUT2D eigenvalue weighted by atomic mass is 32.1. The summed E-state index contributed by atoms with van der Waals surface area (Å²) in [6, 6.07) is 6.36. The monoisotopic (exact) mass is 288 g/mol. The van der Waals surface area contributed by atoms with Gasteiger partial charge in [-0.1, -0.05) is 0 Å². The first-order valence-electron chi connectivity index (χ1n) is 7.22. The summed E-state index contributed by atoms with van der Waals surface area (Å²) < 4.78 is 5.66. The fourth-order valence-electron chi connectivity index (χ4n) is 2.69. The Balaban J connectivity index is 2.03. The molecule has 0 aliphatic carbocycles. The van der Waals surface area contributed by atoms with E-state index in [1.807, 2.05) is 13.0 Å². The summed E-state index contributed by atoms with van der Waals surface area (Å²) in [4.78, 5) is 7.09. The molecule has 1 saturated heterocycles. The van der Waals surface area contributed by atoms with Crippen LogP contribution in [0, 0.1) is 6.92 Å². The quantitative estimate of drug-likeness (QED) is 0.846. The second kappa shape index (κ2) is 5.83. The zero-order chi connectivity index (χ0) is 13.9. The van der Waals surface area contributed by atoms with Gasteiger partial charge in [0.1, 0.15) is 5.75 Å². The number of ether oxygens (including phenoxy) is 1. The summed E-state index contributed by atoms with van der Waals surface area (Å²) in [5, 5.41) is 3.26. The highest BCUT2D eigenvalue weighted by molar-refractivity contribution is 7.09. The van der Waals surface area contributed by atoms with E-state index in [0.717, 1.165) is 29.5 Å². The number of rotatable bonds is 4. The maximum atomic E-state index is 5.66. The molecule has 2 aromatic rings. The fourth-order valence-corrected chi connectivity index (χ4v) is 3.30. The molecule has 0 unspecified atom stereocenters. The number of hydrogen-bond acceptors (Lipinski definition) is 4. The highest BCUT2D eigenvalue weighted by Crippen LogP contribution is 2.36. The number of aromatic nitrogens is 1. The van der Waals surface area contributed by atoms with Crippen molar-refractivity contribution in [1.82, 2.24) is 4.98 Å². The van der Waals surface area contributed by atoms with Gasteiger partial charge < -0.3 is 9.64 Å². The van der Waals surface area contributed by atoms with Crippen molar-refractivity contribution in [3.63, 3.8) is 0 Å². The van der Waals surface area contributed by atoms with Crippen molar-refractivity contribution >= 4 is 17.0 Å². The van der Waals surface area contributed by atoms with Gasteiger partial charge in [-0.25, -0.2) is 4.98 Å². The van der Waals surface area contributed by atoms with E-state index in [0.29, 0.717) is 6.61 Å². The largest absolute Gasteiger partial charge is 0.494 e. The van der Waals surface area contributed by atoms with Crippen molar-refractivity contribution in [1.29, 1.82) is 0 Å². The van der Waals surface area contributed by atoms with Gasteiger partial charge in [0.2, 0.25) is 0 Å². The van der Waals surface area contributed by atoms with E-state index >= 15 is 0 Å². The van der Waals surface area contributed by atoms with E-state index in [2.05, 4.69) is 34.3 Å². The lowest BCUT2D eigenvalue weighted by molar-refractivity contribution is 0.340. The van der Waals surface area contributed by atoms with Crippen LogP contribution in [0.3, 0.4) is 0 Å². The number of hydrogen-bond donors (Lipinski definition) is 0. The van der Waals surface area contributed by atoms with E-state index in [1.165, 1.54) is 24.1 Å². The summed E-state index contributed by atoms with van der Waals surface area (Å²) in [5.41, 5.74) is 3.57. The molecule has 0 saturated carbocycles. The number of thiazole rings is 1. The standard InChI is InChI=1S/C16H20N2OS/c1-3-19-13-6-7-14(15-11-20-12(2)17-15)16(10-13)18-8-4-5-9-18/h6-7,10-11H,3-5,8-9H2,1-2H3. The summed E-state index contributed by atoms with van der Waals surface area (Å²) in [5.74, 6) is 0.949. The molecular formula is C16H20N2OS. The minimum Gasteiger partial charge on any atom is -0.494 e. The predicted octanol–water partition coefficient (Wildman–Crippen LogP) is 4.12. The average Bonchev–Trinajstić information content (AvgIpc) is 3.10. The predicted molar refractivity (Wildman–Crippen MR) is 84.9 cm³/mol. The topological polar surface area (TPSA) is 25.4 Å². The molecule has 1 aliphatic heterocycles. The molecule has 1 aromatic carbocycles. The van der Waals surface area contributed by atoms with Gasteiger partial charge >= 0.3 is 0 Å². The lowest BCUT2D eigenvalue weighted by Gasteiger charge is -2.21. The number of benzene rings is 1. The first-order chi connectivity index (χ1) is 9.78. The summed E-state index contributed by atoms with van der Waals surface area (Å²) in [6.45, 7) is 7.04. The normalized spacial score (nSPS) is 14.8. The van der Waals surface area contributed by atoms with Crippen LogP contribution in [0.15, 0.2) is 23.6 Å². The van der Waals surface area contributed by atoms with Crippen LogP contribution < -0.4 is 9.64 Å². The second-order valence-corrected chi connectivity index (χ2v) is 6.12. The highest BCUT2D eigenvalue weighted by Gasteiger charge is 2.18. The molecule has 106 valence electrons. The van der Waals surface area contributed by atoms with Crippen LogP contribution in [-0.4, -0.2) is 24.7 Å². The van der Waals surface area contributed by atoms with Crippen molar-refractivity contribution < 1.29 is 4.74 Å². The van der Waals surface area contributed by atoms with E-state index in [-0.39, 0.29) is 0 Å². The molecule has 4 heteroatoms. The van der Waals surface area contributed by atoms with E-state index in [9.17, 15) is 0 Å². The Bertz CT molecular complexity index is 588. The molecule has 2 heterocycles. The Hall–Kier alpha value is -1.55. The number of aryl methyl sites for hydroxylation is 1. The van der Waals surface area contributed by atoms with Gasteiger partial charge in [0.15, 0.2) is 0 Å². The Morgan fingerprint density at radius 1 is 1.30 bits per heavy atom. The van der Waals surface area contributed by atoms with Crippen LogP contribution in [0.5, 0.6) is 5.75 Å². The zero-order valence-electron chi connectivity index (χ0n) is 12.1. The van der Waals surface area contributed by atoms with Crippen molar-refractivity contribution in [2.75, 3.05) is 24.6 Å². The van der Waals surface area contributed by atoms with Gasteiger partial charge in [0, 0.05) is 35.8 Å². The molecular weight excluding hydrogens is 268 g/mol. The fraction of sp³-hybridized carbons (Fsp3) is 0.438. The molecule has 0 bridgehead atoms. The minimum atomic E-state index is 0.703. The molecule has 3 nitrogen and oxygen atoms in total. The molecule has 0 atom stereocenters. The van der Waals surface area contributed by atoms with Crippen molar-refractivity contribution in [2.24, 2.45) is 0 Å². The third-order valence-electron chi connectivity index (χ3n) is 3.62. The molecule has 1 aliphatic rings. The van der Waals surface area contributed by atoms with Gasteiger partial charge in [-0.2, -0.15) is 0 Å². The van der Waals surface area contributed by atoms with Crippen molar-refractivity contribution in [3.8, 4) is 17.0 Å². The third-order valence-corrected chi connectivity index (χ3v) is 4.40. The van der Waals surface area contributed by atoms with Crippen LogP contribution in [-0.2, 0) is 0 Å². The number of anilines is 1. The van der Waals surface area contributed by atoms with Crippen LogP contribution in [0.1, 0.15) is 24.8 Å². The maximum absolute atomic E-state index is 5.66. The Morgan fingerprint density at radius 3 is 2.75 bits per heavy atom. The van der Waals surface area contributed by atoms with Gasteiger partial charge in [0.25, 0.3) is 0 Å². The molecule has 0 amide bonds. The molecule has 3 rings (SSSR count). The Labute approximate surface area is 124 Å². The van der Waals surface area contributed by atoms with Crippen molar-refractivity contribution in [2.45, 2.75) is 26.7 Å². The Kier molecular flexibility index (Phi) is 3.92. The van der Waals surface area contributed by atoms with Gasteiger partial charge in [0.05, 0.1) is 17.3 Å². The minimum absolute atomic E-state index is 0.703. The van der Waals surface area contributed by atoms with Crippen LogP contribution in [0.25, 0.3) is 11.3 Å². The Morgan fingerprint density at radius 2 is 2.10 bits per heavy atom. The molecule has 0 N–H and O–H groups in total. The van der Waals surface area contributed by atoms with Gasteiger partial charge in [-0.05, 0) is 38.8 Å². The SMILES string of the molecule is CCOc1ccc(-c2csc(C)n2)c(N2CCCC2)c1. The first-order valence-corrected chi connectivity index (χ1v) is 8.10. The molecule has 0 radical (unpaired) electrons. The van der Waals surface area contributed by atoms with Gasteiger partial charge in [-0.15, -0.1) is 11.3 Å². The first kappa shape index (κ1) is 13.4. The smallest absolute Gasteiger partial charge is 0.121 e. The van der Waals surface area contributed by atoms with Crippen LogP contribution in [0.4, 0.5) is 5.69 Å². The molecule has 0 spiro atoms. The third kappa shape index (κ3) is 2.66. The van der Waals surface area contributed by atoms with Gasteiger partial charge in [-0.3, -0.25) is 0 Å². The summed E-state index contributed by atoms with van der Waals surface area (Å²) in [6.07, 6.45) is 2.54. The lowest BCUT2D eigenvalue weighted by Crippen LogP contribution is -2.18. The van der Waals surface area contributed by atoms with Crippen LogP contribution in [0.2, 0.25) is 0 Å². The lowest BCUT2D eigenvalue weighted by atomic mass is 10.1. The van der Waals surface area contributed by atoms with E-state index in [4.69, 9.17) is 4.74 Å².